The normalized spacial score (nSPS) is 12.8. The van der Waals surface area contributed by atoms with Gasteiger partial charge in [0.2, 0.25) is 0 Å². The molecule has 9 heteroatoms. The summed E-state index contributed by atoms with van der Waals surface area (Å²) in [7, 11) is 0. The van der Waals surface area contributed by atoms with Crippen molar-refractivity contribution in [3.05, 3.63) is 69.3 Å². The number of H-pyrrole nitrogens is 1. The van der Waals surface area contributed by atoms with Gasteiger partial charge in [0, 0.05) is 16.0 Å². The molecular formula is C23H17N3O4S2. The van der Waals surface area contributed by atoms with E-state index in [9.17, 15) is 14.4 Å². The third kappa shape index (κ3) is 3.80. The van der Waals surface area contributed by atoms with Gasteiger partial charge in [-0.15, -0.1) is 11.3 Å². The maximum atomic E-state index is 12.9. The number of Topliss-reactive ketones (excluding diaryl/α,β-unsaturated/α-hetero) is 1. The highest BCUT2D eigenvalue weighted by atomic mass is 32.2. The van der Waals surface area contributed by atoms with Gasteiger partial charge in [-0.1, -0.05) is 42.1 Å². The topological polar surface area (TPSA) is 101 Å². The first-order chi connectivity index (χ1) is 15.5. The number of aromatic amines is 1. The van der Waals surface area contributed by atoms with Crippen molar-refractivity contribution >= 4 is 50.7 Å². The lowest BCUT2D eigenvalue weighted by molar-refractivity contribution is -0.118. The van der Waals surface area contributed by atoms with Gasteiger partial charge in [-0.05, 0) is 30.7 Å². The van der Waals surface area contributed by atoms with E-state index in [4.69, 9.17) is 4.74 Å². The summed E-state index contributed by atoms with van der Waals surface area (Å²) >= 11 is 2.64. The number of thioether (sulfide) groups is 1. The largest absolute Gasteiger partial charge is 0.482 e. The van der Waals surface area contributed by atoms with E-state index in [0.717, 1.165) is 16.0 Å². The van der Waals surface area contributed by atoms with E-state index >= 15 is 0 Å². The van der Waals surface area contributed by atoms with Crippen molar-refractivity contribution in [1.82, 2.24) is 9.97 Å². The molecular weight excluding hydrogens is 446 g/mol. The Kier molecular flexibility index (Phi) is 5.28. The summed E-state index contributed by atoms with van der Waals surface area (Å²) in [5.74, 6) is 0.227. The van der Waals surface area contributed by atoms with E-state index in [1.165, 1.54) is 23.1 Å². The second-order valence-corrected chi connectivity index (χ2v) is 9.38. The highest BCUT2D eigenvalue weighted by Gasteiger charge is 2.19. The Labute approximate surface area is 190 Å². The number of carbonyl (C=O) groups is 2. The van der Waals surface area contributed by atoms with Crippen LogP contribution in [0, 0.1) is 6.92 Å². The lowest BCUT2D eigenvalue weighted by Crippen LogP contribution is -2.25. The fourth-order valence-electron chi connectivity index (χ4n) is 3.59. The van der Waals surface area contributed by atoms with Crippen molar-refractivity contribution in [2.45, 2.75) is 12.1 Å². The van der Waals surface area contributed by atoms with Gasteiger partial charge in [0.15, 0.2) is 17.5 Å². The number of anilines is 1. The van der Waals surface area contributed by atoms with Crippen LogP contribution in [0.25, 0.3) is 21.3 Å². The zero-order valence-electron chi connectivity index (χ0n) is 16.9. The van der Waals surface area contributed by atoms with Gasteiger partial charge in [0.05, 0.1) is 16.8 Å². The van der Waals surface area contributed by atoms with Crippen LogP contribution < -0.4 is 15.6 Å². The highest BCUT2D eigenvalue weighted by Crippen LogP contribution is 2.36. The summed E-state index contributed by atoms with van der Waals surface area (Å²) in [4.78, 5) is 46.1. The standard InChI is InChI=1S/C23H17N3O4S2/c1-12-19(13-5-3-2-4-6-13)20-21(29)25-23(26-22(20)32-12)31-11-16(27)14-7-8-17-15(9-14)24-18(28)10-30-17/h2-9H,10-11H2,1H3,(H,24,28)(H,25,26,29). The number of fused-ring (bicyclic) bond motifs is 2. The van der Waals surface area contributed by atoms with Crippen molar-refractivity contribution in [3.63, 3.8) is 0 Å². The molecule has 2 aromatic carbocycles. The van der Waals surface area contributed by atoms with Crippen molar-refractivity contribution < 1.29 is 14.3 Å². The number of carbonyl (C=O) groups excluding carboxylic acids is 2. The number of hydrogen-bond donors (Lipinski definition) is 2. The first-order valence-corrected chi connectivity index (χ1v) is 11.6. The van der Waals surface area contributed by atoms with Gasteiger partial charge in [-0.3, -0.25) is 14.4 Å². The number of benzene rings is 2. The number of hydrogen-bond acceptors (Lipinski definition) is 7. The molecule has 1 aliphatic rings. The number of ketones is 1. The predicted octanol–water partition coefficient (Wildman–Crippen LogP) is 4.27. The van der Waals surface area contributed by atoms with E-state index in [2.05, 4.69) is 15.3 Å². The van der Waals surface area contributed by atoms with E-state index in [-0.39, 0.29) is 29.6 Å². The predicted molar refractivity (Wildman–Crippen MR) is 126 cm³/mol. The van der Waals surface area contributed by atoms with Gasteiger partial charge in [0.25, 0.3) is 11.5 Å². The molecule has 1 aliphatic heterocycles. The monoisotopic (exact) mass is 463 g/mol. The van der Waals surface area contributed by atoms with Gasteiger partial charge in [-0.25, -0.2) is 4.98 Å². The van der Waals surface area contributed by atoms with Crippen LogP contribution in [-0.4, -0.2) is 34.0 Å². The van der Waals surface area contributed by atoms with Gasteiger partial charge in [0.1, 0.15) is 10.6 Å². The zero-order chi connectivity index (χ0) is 22.2. The molecule has 0 bridgehead atoms. The van der Waals surface area contributed by atoms with Gasteiger partial charge in [-0.2, -0.15) is 0 Å². The van der Waals surface area contributed by atoms with E-state index in [1.807, 2.05) is 37.3 Å². The minimum atomic E-state index is -0.257. The smallest absolute Gasteiger partial charge is 0.262 e. The van der Waals surface area contributed by atoms with Crippen LogP contribution in [0.2, 0.25) is 0 Å². The summed E-state index contributed by atoms with van der Waals surface area (Å²) in [6.07, 6.45) is 0. The van der Waals surface area contributed by atoms with Gasteiger partial charge < -0.3 is 15.0 Å². The Hall–Kier alpha value is -3.43. The third-order valence-corrected chi connectivity index (χ3v) is 6.93. The molecule has 160 valence electrons. The molecule has 0 saturated heterocycles. The molecule has 3 heterocycles. The molecule has 0 spiro atoms. The Morgan fingerprint density at radius 3 is 2.81 bits per heavy atom. The van der Waals surface area contributed by atoms with Crippen molar-refractivity contribution in [1.29, 1.82) is 0 Å². The minimum Gasteiger partial charge on any atom is -0.482 e. The molecule has 7 nitrogen and oxygen atoms in total. The Balaban J connectivity index is 1.38. The van der Waals surface area contributed by atoms with Crippen molar-refractivity contribution in [2.24, 2.45) is 0 Å². The highest BCUT2D eigenvalue weighted by molar-refractivity contribution is 7.99. The molecule has 2 aromatic heterocycles. The van der Waals surface area contributed by atoms with Crippen LogP contribution in [0.4, 0.5) is 5.69 Å². The van der Waals surface area contributed by atoms with E-state index in [0.29, 0.717) is 32.4 Å². The Morgan fingerprint density at radius 2 is 2.00 bits per heavy atom. The molecule has 1 amide bonds. The third-order valence-electron chi connectivity index (χ3n) is 5.05. The summed E-state index contributed by atoms with van der Waals surface area (Å²) in [6.45, 7) is 1.94. The molecule has 32 heavy (non-hydrogen) atoms. The summed E-state index contributed by atoms with van der Waals surface area (Å²) in [6, 6.07) is 14.7. The molecule has 0 atom stereocenters. The molecule has 0 unspecified atom stereocenters. The average Bonchev–Trinajstić information content (AvgIpc) is 3.13. The molecule has 0 fully saturated rings. The fourth-order valence-corrected chi connectivity index (χ4v) is 5.45. The van der Waals surface area contributed by atoms with Crippen LogP contribution >= 0.6 is 23.1 Å². The van der Waals surface area contributed by atoms with Crippen molar-refractivity contribution in [3.8, 4) is 16.9 Å². The molecule has 0 radical (unpaired) electrons. The Bertz CT molecular complexity index is 1430. The van der Waals surface area contributed by atoms with Crippen LogP contribution in [0.1, 0.15) is 15.2 Å². The Morgan fingerprint density at radius 1 is 1.19 bits per heavy atom. The minimum absolute atomic E-state index is 0.0359. The number of ether oxygens (including phenoxy) is 1. The summed E-state index contributed by atoms with van der Waals surface area (Å²) in [5, 5.41) is 3.66. The van der Waals surface area contributed by atoms with E-state index < -0.39 is 0 Å². The number of nitrogens with zero attached hydrogens (tertiary/aromatic N) is 1. The quantitative estimate of drug-likeness (QED) is 0.260. The first kappa shape index (κ1) is 20.5. The lowest BCUT2D eigenvalue weighted by atomic mass is 10.0. The molecule has 0 saturated carbocycles. The van der Waals surface area contributed by atoms with Crippen LogP contribution in [0.15, 0.2) is 58.5 Å². The first-order valence-electron chi connectivity index (χ1n) is 9.81. The second kappa shape index (κ2) is 8.25. The molecule has 4 aromatic rings. The van der Waals surface area contributed by atoms with Crippen LogP contribution in [0.5, 0.6) is 5.75 Å². The molecule has 5 rings (SSSR count). The van der Waals surface area contributed by atoms with E-state index in [1.54, 1.807) is 18.2 Å². The second-order valence-electron chi connectivity index (χ2n) is 7.21. The van der Waals surface area contributed by atoms with Crippen molar-refractivity contribution in [2.75, 3.05) is 17.7 Å². The average molecular weight is 464 g/mol. The maximum absolute atomic E-state index is 12.9. The SMILES string of the molecule is Cc1sc2nc(SCC(=O)c3ccc4c(c3)NC(=O)CO4)[nH]c(=O)c2c1-c1ccccc1. The fraction of sp³-hybridized carbons (Fsp3) is 0.130. The summed E-state index contributed by atoms with van der Waals surface area (Å²) in [5.41, 5.74) is 2.58. The number of aryl methyl sites for hydroxylation is 1. The summed E-state index contributed by atoms with van der Waals surface area (Å²) < 4.78 is 5.32. The molecule has 2 N–H and O–H groups in total. The number of aromatic nitrogens is 2. The van der Waals surface area contributed by atoms with Gasteiger partial charge >= 0.3 is 0 Å². The number of nitrogens with one attached hydrogen (secondary N) is 2. The number of thiophene rings is 1. The zero-order valence-corrected chi connectivity index (χ0v) is 18.6. The maximum Gasteiger partial charge on any atom is 0.262 e. The van der Waals surface area contributed by atoms with Crippen LogP contribution in [0.3, 0.4) is 0 Å². The lowest BCUT2D eigenvalue weighted by Gasteiger charge is -2.18. The number of amides is 1. The van der Waals surface area contributed by atoms with Crippen LogP contribution in [-0.2, 0) is 4.79 Å². The molecule has 0 aliphatic carbocycles. The number of rotatable bonds is 5.